The highest BCUT2D eigenvalue weighted by atomic mass is 19.1. The molecule has 0 aliphatic carbocycles. The van der Waals surface area contributed by atoms with Gasteiger partial charge in [-0.2, -0.15) is 5.26 Å². The van der Waals surface area contributed by atoms with Crippen molar-refractivity contribution in [3.8, 4) is 11.8 Å². The van der Waals surface area contributed by atoms with Crippen LogP contribution in [-0.2, 0) is 22.6 Å². The van der Waals surface area contributed by atoms with Crippen LogP contribution < -0.4 is 15.4 Å². The van der Waals surface area contributed by atoms with E-state index < -0.39 is 23.9 Å². The third-order valence-corrected chi connectivity index (χ3v) is 5.80. The summed E-state index contributed by atoms with van der Waals surface area (Å²) in [5, 5.41) is 14.9. The number of halogens is 1. The number of allylic oxidation sites excluding steroid dienone is 1. The molecule has 0 fully saturated rings. The Morgan fingerprint density at radius 3 is 2.53 bits per heavy atom. The van der Waals surface area contributed by atoms with Crippen LogP contribution in [0.25, 0.3) is 0 Å². The number of esters is 1. The molecule has 0 saturated carbocycles. The van der Waals surface area contributed by atoms with Crippen LogP contribution in [0.3, 0.4) is 0 Å². The van der Waals surface area contributed by atoms with E-state index in [1.807, 2.05) is 24.3 Å². The number of urea groups is 1. The van der Waals surface area contributed by atoms with Crippen molar-refractivity contribution >= 4 is 12.0 Å². The summed E-state index contributed by atoms with van der Waals surface area (Å²) in [6, 6.07) is 20.8. The number of hydrogen-bond donors (Lipinski definition) is 2. The van der Waals surface area contributed by atoms with Crippen molar-refractivity contribution in [1.29, 1.82) is 5.26 Å². The van der Waals surface area contributed by atoms with Crippen molar-refractivity contribution in [3.05, 3.63) is 112 Å². The summed E-state index contributed by atoms with van der Waals surface area (Å²) in [6.45, 7) is -0.134. The van der Waals surface area contributed by atoms with Crippen molar-refractivity contribution in [2.24, 2.45) is 0 Å². The standard InChI is InChI=1S/C28H24FN3O4/c1-35-23-11-8-18(9-12-23)10-13-24-25(27(33)36-17-20-5-3-7-22(29)15-20)26(32-28(34)31-24)21-6-2-4-19(14-21)16-30/h2-9,11-12,14-15,26H,10,13,17H2,1H3,(H2,31,32,34). The van der Waals surface area contributed by atoms with Gasteiger partial charge in [0.2, 0.25) is 0 Å². The van der Waals surface area contributed by atoms with Gasteiger partial charge in [-0.3, -0.25) is 0 Å². The Hall–Kier alpha value is -4.64. The minimum Gasteiger partial charge on any atom is -0.497 e. The first-order chi connectivity index (χ1) is 17.5. The lowest BCUT2D eigenvalue weighted by molar-refractivity contribution is -0.140. The van der Waals surface area contributed by atoms with Gasteiger partial charge >= 0.3 is 12.0 Å². The summed E-state index contributed by atoms with van der Waals surface area (Å²) in [5.41, 5.74) is 3.11. The summed E-state index contributed by atoms with van der Waals surface area (Å²) in [7, 11) is 1.59. The fraction of sp³-hybridized carbons (Fsp3) is 0.179. The Labute approximate surface area is 208 Å². The molecule has 1 atom stereocenters. The third kappa shape index (κ3) is 5.88. The summed E-state index contributed by atoms with van der Waals surface area (Å²) in [4.78, 5) is 25.9. The molecule has 0 spiro atoms. The van der Waals surface area contributed by atoms with Gasteiger partial charge in [-0.25, -0.2) is 14.0 Å². The Kier molecular flexibility index (Phi) is 7.61. The maximum Gasteiger partial charge on any atom is 0.338 e. The van der Waals surface area contributed by atoms with Gasteiger partial charge in [0, 0.05) is 5.70 Å². The predicted molar refractivity (Wildman–Crippen MR) is 130 cm³/mol. The van der Waals surface area contributed by atoms with Crippen LogP contribution in [0.2, 0.25) is 0 Å². The first-order valence-corrected chi connectivity index (χ1v) is 11.3. The maximum atomic E-state index is 13.6. The number of benzene rings is 3. The molecule has 0 saturated heterocycles. The maximum absolute atomic E-state index is 13.6. The van der Waals surface area contributed by atoms with Crippen molar-refractivity contribution in [2.45, 2.75) is 25.5 Å². The number of carbonyl (C=O) groups is 2. The molecule has 4 rings (SSSR count). The highest BCUT2D eigenvalue weighted by Gasteiger charge is 2.33. The average molecular weight is 486 g/mol. The molecule has 2 N–H and O–H groups in total. The monoisotopic (exact) mass is 485 g/mol. The van der Waals surface area contributed by atoms with Crippen LogP contribution in [0.5, 0.6) is 5.75 Å². The van der Waals surface area contributed by atoms with Crippen LogP contribution in [-0.4, -0.2) is 19.1 Å². The van der Waals surface area contributed by atoms with Crippen molar-refractivity contribution in [1.82, 2.24) is 10.6 Å². The topological polar surface area (TPSA) is 100 Å². The second-order valence-electron chi connectivity index (χ2n) is 8.22. The quantitative estimate of drug-likeness (QED) is 0.451. The fourth-order valence-electron chi connectivity index (χ4n) is 4.01. The van der Waals surface area contributed by atoms with Gasteiger partial charge in [0.1, 0.15) is 18.2 Å². The zero-order chi connectivity index (χ0) is 25.5. The van der Waals surface area contributed by atoms with Crippen LogP contribution >= 0.6 is 0 Å². The van der Waals surface area contributed by atoms with E-state index in [0.717, 1.165) is 11.3 Å². The Bertz CT molecular complexity index is 1350. The predicted octanol–water partition coefficient (Wildman–Crippen LogP) is 4.69. The molecule has 1 heterocycles. The number of nitrogens with zero attached hydrogens (tertiary/aromatic N) is 1. The van der Waals surface area contributed by atoms with E-state index in [9.17, 15) is 19.2 Å². The van der Waals surface area contributed by atoms with Crippen LogP contribution in [0.15, 0.2) is 84.1 Å². The van der Waals surface area contributed by atoms with Crippen molar-refractivity contribution < 1.29 is 23.5 Å². The second-order valence-corrected chi connectivity index (χ2v) is 8.22. The number of ether oxygens (including phenoxy) is 2. The van der Waals surface area contributed by atoms with Crippen molar-refractivity contribution in [2.75, 3.05) is 7.11 Å². The molecule has 0 aromatic heterocycles. The van der Waals surface area contributed by atoms with E-state index in [2.05, 4.69) is 16.7 Å². The number of nitrogens with one attached hydrogen (secondary N) is 2. The van der Waals surface area contributed by atoms with Gasteiger partial charge in [0.05, 0.1) is 30.4 Å². The van der Waals surface area contributed by atoms with Gasteiger partial charge in [-0.1, -0.05) is 36.4 Å². The minimum absolute atomic E-state index is 0.134. The van der Waals surface area contributed by atoms with Gasteiger partial charge in [-0.05, 0) is 65.9 Å². The molecule has 1 unspecified atom stereocenters. The number of rotatable bonds is 8. The normalized spacial score (nSPS) is 14.9. The smallest absolute Gasteiger partial charge is 0.338 e. The minimum atomic E-state index is -0.821. The van der Waals surface area contributed by atoms with Crippen LogP contribution in [0.4, 0.5) is 9.18 Å². The number of carbonyl (C=O) groups excluding carboxylic acids is 2. The zero-order valence-electron chi connectivity index (χ0n) is 19.6. The van der Waals surface area contributed by atoms with Gasteiger partial charge < -0.3 is 20.1 Å². The lowest BCUT2D eigenvalue weighted by Crippen LogP contribution is -2.46. The largest absolute Gasteiger partial charge is 0.497 e. The summed E-state index contributed by atoms with van der Waals surface area (Å²) >= 11 is 0. The second kappa shape index (κ2) is 11.2. The molecule has 0 bridgehead atoms. The Morgan fingerprint density at radius 1 is 1.03 bits per heavy atom. The molecule has 0 radical (unpaired) electrons. The van der Waals surface area contributed by atoms with E-state index in [0.29, 0.717) is 35.2 Å². The summed E-state index contributed by atoms with van der Waals surface area (Å²) in [5.74, 6) is -0.350. The zero-order valence-corrected chi connectivity index (χ0v) is 19.6. The molecular formula is C28H24FN3O4. The highest BCUT2D eigenvalue weighted by molar-refractivity contribution is 5.95. The SMILES string of the molecule is COc1ccc(CCC2=C(C(=O)OCc3cccc(F)c3)C(c3cccc(C#N)c3)NC(=O)N2)cc1. The lowest BCUT2D eigenvalue weighted by atomic mass is 9.92. The molecule has 3 aromatic carbocycles. The van der Waals surface area contributed by atoms with E-state index in [-0.39, 0.29) is 12.2 Å². The number of nitriles is 1. The number of hydrogen-bond acceptors (Lipinski definition) is 5. The molecule has 8 heteroatoms. The van der Waals surface area contributed by atoms with Crippen LogP contribution in [0, 0.1) is 17.1 Å². The Morgan fingerprint density at radius 2 is 1.81 bits per heavy atom. The summed E-state index contributed by atoms with van der Waals surface area (Å²) in [6.07, 6.45) is 0.907. The molecule has 2 amide bonds. The number of aryl methyl sites for hydroxylation is 1. The van der Waals surface area contributed by atoms with E-state index >= 15 is 0 Å². The lowest BCUT2D eigenvalue weighted by Gasteiger charge is -2.29. The van der Waals surface area contributed by atoms with E-state index in [1.54, 1.807) is 37.4 Å². The number of amides is 2. The third-order valence-electron chi connectivity index (χ3n) is 5.80. The van der Waals surface area contributed by atoms with E-state index in [4.69, 9.17) is 9.47 Å². The first kappa shape index (κ1) is 24.5. The van der Waals surface area contributed by atoms with Crippen molar-refractivity contribution in [3.63, 3.8) is 0 Å². The van der Waals surface area contributed by atoms with Gasteiger partial charge in [0.25, 0.3) is 0 Å². The molecule has 36 heavy (non-hydrogen) atoms. The molecule has 1 aliphatic heterocycles. The average Bonchev–Trinajstić information content (AvgIpc) is 2.90. The molecule has 1 aliphatic rings. The molecular weight excluding hydrogens is 461 g/mol. The van der Waals surface area contributed by atoms with Gasteiger partial charge in [0.15, 0.2) is 0 Å². The first-order valence-electron chi connectivity index (χ1n) is 11.3. The van der Waals surface area contributed by atoms with Gasteiger partial charge in [-0.15, -0.1) is 0 Å². The molecule has 182 valence electrons. The Balaban J connectivity index is 1.66. The molecule has 7 nitrogen and oxygen atoms in total. The summed E-state index contributed by atoms with van der Waals surface area (Å²) < 4.78 is 24.3. The number of methoxy groups -OCH3 is 1. The highest BCUT2D eigenvalue weighted by Crippen LogP contribution is 2.30. The molecule has 3 aromatic rings. The fourth-order valence-corrected chi connectivity index (χ4v) is 4.01. The van der Waals surface area contributed by atoms with Crippen LogP contribution in [0.1, 0.15) is 34.7 Å². The van der Waals surface area contributed by atoms with E-state index in [1.165, 1.54) is 18.2 Å².